The molecule has 8 heteroatoms. The van der Waals surface area contributed by atoms with E-state index < -0.39 is 46.7 Å². The summed E-state index contributed by atoms with van der Waals surface area (Å²) in [4.78, 5) is 39.2. The van der Waals surface area contributed by atoms with E-state index in [1.54, 1.807) is 36.8 Å². The van der Waals surface area contributed by atoms with Crippen molar-refractivity contribution in [3.8, 4) is 0 Å². The van der Waals surface area contributed by atoms with Crippen molar-refractivity contribution in [1.29, 1.82) is 0 Å². The normalized spacial score (nSPS) is 36.5. The lowest BCUT2D eigenvalue weighted by molar-refractivity contribution is -0.152. The molecule has 222 valence electrons. The monoisotopic (exact) mass is 574 g/mol. The number of carbonyl (C=O) groups excluding carboxylic acids is 3. The molecular formula is C34H38O8. The highest BCUT2D eigenvalue weighted by molar-refractivity contribution is 5.89. The lowest BCUT2D eigenvalue weighted by atomic mass is 9.51. The van der Waals surface area contributed by atoms with Gasteiger partial charge in [-0.2, -0.15) is 0 Å². The van der Waals surface area contributed by atoms with Crippen molar-refractivity contribution in [3.05, 3.63) is 83.9 Å². The molecule has 0 amide bonds. The van der Waals surface area contributed by atoms with Crippen LogP contribution in [-0.4, -0.2) is 48.9 Å². The van der Waals surface area contributed by atoms with Gasteiger partial charge >= 0.3 is 17.9 Å². The van der Waals surface area contributed by atoms with Crippen LogP contribution in [0, 0.1) is 22.7 Å². The SMILES string of the molecule is C=C1C2=CC[C@@H](c3ccoc3)[C@]2(C)[C@@H](OC(=O)c2ccccc2)[C@@H]2O[C@@H](CC(=O)OC)[C@@](C)([C@H]3CC(=O)OC3(C)C)[C@H]12. The molecule has 2 saturated heterocycles. The molecule has 3 heterocycles. The van der Waals surface area contributed by atoms with Crippen LogP contribution in [0.1, 0.15) is 68.8 Å². The van der Waals surface area contributed by atoms with Gasteiger partial charge in [0.15, 0.2) is 0 Å². The molecule has 1 saturated carbocycles. The van der Waals surface area contributed by atoms with Crippen molar-refractivity contribution in [2.75, 3.05) is 7.11 Å². The van der Waals surface area contributed by atoms with Gasteiger partial charge in [0.1, 0.15) is 17.8 Å². The van der Waals surface area contributed by atoms with Crippen molar-refractivity contribution in [3.63, 3.8) is 0 Å². The molecule has 3 fully saturated rings. The van der Waals surface area contributed by atoms with E-state index in [9.17, 15) is 14.4 Å². The summed E-state index contributed by atoms with van der Waals surface area (Å²) in [6.45, 7) is 12.6. The van der Waals surface area contributed by atoms with Gasteiger partial charge in [0.05, 0.1) is 44.1 Å². The fraction of sp³-hybridized carbons (Fsp3) is 0.500. The van der Waals surface area contributed by atoms with Gasteiger partial charge in [-0.05, 0) is 55.2 Å². The molecule has 2 aromatic rings. The van der Waals surface area contributed by atoms with Crippen molar-refractivity contribution in [1.82, 2.24) is 0 Å². The van der Waals surface area contributed by atoms with Gasteiger partial charge in [-0.25, -0.2) is 4.79 Å². The van der Waals surface area contributed by atoms with Gasteiger partial charge in [-0.1, -0.05) is 44.7 Å². The summed E-state index contributed by atoms with van der Waals surface area (Å²) in [6.07, 6.45) is 4.46. The molecule has 1 aromatic carbocycles. The van der Waals surface area contributed by atoms with E-state index >= 15 is 0 Å². The van der Waals surface area contributed by atoms with Crippen LogP contribution in [0.5, 0.6) is 0 Å². The molecule has 0 N–H and O–H groups in total. The average molecular weight is 575 g/mol. The summed E-state index contributed by atoms with van der Waals surface area (Å²) < 4.78 is 29.8. The van der Waals surface area contributed by atoms with Gasteiger partial charge < -0.3 is 23.4 Å². The highest BCUT2D eigenvalue weighted by Gasteiger charge is 2.71. The van der Waals surface area contributed by atoms with Crippen molar-refractivity contribution >= 4 is 17.9 Å². The number of rotatable bonds is 6. The minimum absolute atomic E-state index is 0.0195. The van der Waals surface area contributed by atoms with Crippen LogP contribution >= 0.6 is 0 Å². The molecule has 6 rings (SSSR count). The molecule has 0 unspecified atom stereocenters. The number of ether oxygens (including phenoxy) is 4. The minimum Gasteiger partial charge on any atom is -0.472 e. The zero-order chi connectivity index (χ0) is 30.0. The number of fused-ring (bicyclic) bond motifs is 2. The smallest absolute Gasteiger partial charge is 0.338 e. The van der Waals surface area contributed by atoms with Gasteiger partial charge in [0.25, 0.3) is 0 Å². The Bertz CT molecular complexity index is 1440. The Morgan fingerprint density at radius 3 is 2.45 bits per heavy atom. The number of cyclic esters (lactones) is 1. The van der Waals surface area contributed by atoms with Crippen molar-refractivity contribution < 1.29 is 37.7 Å². The molecular weight excluding hydrogens is 536 g/mol. The zero-order valence-electron chi connectivity index (χ0n) is 24.8. The molecule has 8 atom stereocenters. The standard InChI is InChI=1S/C34H38O8/c1-19-22-12-13-23(21-14-15-39-18-21)33(22,4)30(41-31(37)20-10-8-7-9-11-20)29-28(19)34(5,25(40-29)17-26(35)38-6)24-16-27(36)42-32(24,2)3/h7-12,14-15,18,23-25,28-30H,1,13,16-17H2,2-6H3/t23-,24-,25-,28+,29+,30-,33+,34+/m0/s1. The second kappa shape index (κ2) is 9.97. The maximum Gasteiger partial charge on any atom is 0.338 e. The highest BCUT2D eigenvalue weighted by atomic mass is 16.6. The largest absolute Gasteiger partial charge is 0.472 e. The van der Waals surface area contributed by atoms with E-state index in [0.717, 1.165) is 16.7 Å². The first-order chi connectivity index (χ1) is 19.9. The molecule has 42 heavy (non-hydrogen) atoms. The third-order valence-electron chi connectivity index (χ3n) is 10.6. The summed E-state index contributed by atoms with van der Waals surface area (Å²) >= 11 is 0. The Labute approximate surface area is 246 Å². The second-order valence-electron chi connectivity index (χ2n) is 13.0. The van der Waals surface area contributed by atoms with Crippen molar-refractivity contribution in [2.45, 2.75) is 76.8 Å². The van der Waals surface area contributed by atoms with Gasteiger partial charge in [-0.15, -0.1) is 0 Å². The fourth-order valence-corrected chi connectivity index (χ4v) is 8.65. The average Bonchev–Trinajstić information content (AvgIpc) is 3.72. The van der Waals surface area contributed by atoms with Crippen LogP contribution in [0.15, 0.2) is 77.1 Å². The summed E-state index contributed by atoms with van der Waals surface area (Å²) in [5.41, 5.74) is 1.07. The molecule has 8 nitrogen and oxygen atoms in total. The van der Waals surface area contributed by atoms with Gasteiger partial charge in [0, 0.05) is 28.6 Å². The number of esters is 3. The topological polar surface area (TPSA) is 101 Å². The number of hydrogen-bond donors (Lipinski definition) is 0. The quantitative estimate of drug-likeness (QED) is 0.316. The maximum absolute atomic E-state index is 13.7. The molecule has 0 spiro atoms. The van der Waals surface area contributed by atoms with E-state index in [1.165, 1.54) is 7.11 Å². The first-order valence-electron chi connectivity index (χ1n) is 14.5. The van der Waals surface area contributed by atoms with Gasteiger partial charge in [-0.3, -0.25) is 9.59 Å². The predicted octanol–water partition coefficient (Wildman–Crippen LogP) is 5.79. The van der Waals surface area contributed by atoms with Crippen LogP contribution in [0.2, 0.25) is 0 Å². The van der Waals surface area contributed by atoms with Crippen LogP contribution < -0.4 is 0 Å². The van der Waals surface area contributed by atoms with Crippen LogP contribution in [0.25, 0.3) is 0 Å². The van der Waals surface area contributed by atoms with Gasteiger partial charge in [0.2, 0.25) is 0 Å². The van der Waals surface area contributed by atoms with Crippen molar-refractivity contribution in [2.24, 2.45) is 22.7 Å². The van der Waals surface area contributed by atoms with E-state index in [-0.39, 0.29) is 36.6 Å². The Balaban J connectivity index is 1.50. The number of allylic oxidation sites excluding steroid dienone is 1. The Hall–Kier alpha value is -3.65. The molecule has 4 aliphatic rings. The first kappa shape index (κ1) is 28.5. The molecule has 2 aliphatic heterocycles. The number of carbonyl (C=O) groups is 3. The summed E-state index contributed by atoms with van der Waals surface area (Å²) in [7, 11) is 1.35. The van der Waals surface area contributed by atoms with Crippen LogP contribution in [0.3, 0.4) is 0 Å². The van der Waals surface area contributed by atoms with E-state index in [4.69, 9.17) is 23.4 Å². The Morgan fingerprint density at radius 2 is 1.83 bits per heavy atom. The minimum atomic E-state index is -0.806. The van der Waals surface area contributed by atoms with E-state index in [1.807, 2.05) is 26.0 Å². The number of methoxy groups -OCH3 is 1. The third-order valence-corrected chi connectivity index (χ3v) is 10.6. The summed E-state index contributed by atoms with van der Waals surface area (Å²) in [6, 6.07) is 10.9. The second-order valence-corrected chi connectivity index (χ2v) is 13.0. The Kier molecular flexibility index (Phi) is 6.76. The van der Waals surface area contributed by atoms with Crippen LogP contribution in [0.4, 0.5) is 0 Å². The third kappa shape index (κ3) is 4.09. The Morgan fingerprint density at radius 1 is 1.10 bits per heavy atom. The molecule has 0 bridgehead atoms. The van der Waals surface area contributed by atoms with E-state index in [0.29, 0.717) is 12.0 Å². The zero-order valence-corrected chi connectivity index (χ0v) is 24.8. The summed E-state index contributed by atoms with van der Waals surface area (Å²) in [5.74, 6) is -1.86. The highest BCUT2D eigenvalue weighted by Crippen LogP contribution is 2.68. The predicted molar refractivity (Wildman–Crippen MR) is 152 cm³/mol. The summed E-state index contributed by atoms with van der Waals surface area (Å²) in [5, 5.41) is 0. The first-order valence-corrected chi connectivity index (χ1v) is 14.5. The molecule has 1 aromatic heterocycles. The van der Waals surface area contributed by atoms with Crippen LogP contribution in [-0.2, 0) is 28.5 Å². The molecule has 0 radical (unpaired) electrons. The number of hydrogen-bond acceptors (Lipinski definition) is 8. The maximum atomic E-state index is 13.7. The fourth-order valence-electron chi connectivity index (χ4n) is 8.65. The molecule has 2 aliphatic carbocycles. The number of benzene rings is 1. The lowest BCUT2D eigenvalue weighted by Crippen LogP contribution is -2.57. The number of furan rings is 1. The van der Waals surface area contributed by atoms with E-state index in [2.05, 4.69) is 26.5 Å². The lowest BCUT2D eigenvalue weighted by Gasteiger charge is -2.53.